The SMILES string of the molecule is N#Cc1nc(NCCCCCCO)ccc1N. The monoisotopic (exact) mass is 234 g/mol. The zero-order chi connectivity index (χ0) is 12.5. The van der Waals surface area contributed by atoms with Crippen LogP contribution < -0.4 is 11.1 Å². The molecule has 0 atom stereocenters. The number of hydrogen-bond donors (Lipinski definition) is 3. The van der Waals surface area contributed by atoms with Crippen molar-refractivity contribution in [1.82, 2.24) is 4.98 Å². The number of rotatable bonds is 7. The molecule has 0 aliphatic heterocycles. The van der Waals surface area contributed by atoms with Crippen LogP contribution in [0.2, 0.25) is 0 Å². The van der Waals surface area contributed by atoms with Gasteiger partial charge in [0.25, 0.3) is 0 Å². The van der Waals surface area contributed by atoms with Crippen molar-refractivity contribution in [2.45, 2.75) is 25.7 Å². The first-order valence-corrected chi connectivity index (χ1v) is 5.79. The predicted octanol–water partition coefficient (Wildman–Crippen LogP) is 1.50. The van der Waals surface area contributed by atoms with Crippen LogP contribution in [-0.4, -0.2) is 23.2 Å². The molecule has 0 radical (unpaired) electrons. The summed E-state index contributed by atoms with van der Waals surface area (Å²) in [6.45, 7) is 1.08. The van der Waals surface area contributed by atoms with Gasteiger partial charge in [-0.05, 0) is 25.0 Å². The minimum absolute atomic E-state index is 0.260. The summed E-state index contributed by atoms with van der Waals surface area (Å²) in [5.41, 5.74) is 6.24. The van der Waals surface area contributed by atoms with Gasteiger partial charge in [0.05, 0.1) is 5.69 Å². The van der Waals surface area contributed by atoms with Crippen molar-refractivity contribution in [1.29, 1.82) is 5.26 Å². The van der Waals surface area contributed by atoms with E-state index in [0.717, 1.165) is 32.2 Å². The molecule has 0 amide bonds. The lowest BCUT2D eigenvalue weighted by molar-refractivity contribution is 0.283. The van der Waals surface area contributed by atoms with Crippen LogP contribution in [0.3, 0.4) is 0 Å². The first-order chi connectivity index (χ1) is 8.27. The van der Waals surface area contributed by atoms with E-state index in [2.05, 4.69) is 10.3 Å². The largest absolute Gasteiger partial charge is 0.396 e. The molecule has 0 spiro atoms. The maximum atomic E-state index is 8.77. The molecule has 0 aromatic carbocycles. The first kappa shape index (κ1) is 13.3. The molecule has 1 rings (SSSR count). The molecule has 0 fully saturated rings. The number of nitrogen functional groups attached to an aromatic ring is 1. The summed E-state index contributed by atoms with van der Waals surface area (Å²) < 4.78 is 0. The molecule has 1 aromatic heterocycles. The van der Waals surface area contributed by atoms with Crippen molar-refractivity contribution in [3.8, 4) is 6.07 Å². The Morgan fingerprint density at radius 2 is 2.06 bits per heavy atom. The number of nitrogens with one attached hydrogen (secondary N) is 1. The van der Waals surface area contributed by atoms with Crippen LogP contribution in [0.1, 0.15) is 31.4 Å². The van der Waals surface area contributed by atoms with Crippen LogP contribution in [0, 0.1) is 11.3 Å². The summed E-state index contributed by atoms with van der Waals surface area (Å²) in [4.78, 5) is 4.09. The van der Waals surface area contributed by atoms with Crippen LogP contribution in [0.15, 0.2) is 12.1 Å². The molecule has 0 bridgehead atoms. The van der Waals surface area contributed by atoms with Gasteiger partial charge in [-0.2, -0.15) is 5.26 Å². The minimum Gasteiger partial charge on any atom is -0.396 e. The molecular weight excluding hydrogens is 216 g/mol. The molecule has 0 aliphatic carbocycles. The number of aliphatic hydroxyl groups is 1. The molecule has 0 saturated carbocycles. The van der Waals surface area contributed by atoms with Gasteiger partial charge >= 0.3 is 0 Å². The molecule has 5 heteroatoms. The van der Waals surface area contributed by atoms with Crippen molar-refractivity contribution in [2.24, 2.45) is 0 Å². The Balaban J connectivity index is 2.30. The number of anilines is 2. The Kier molecular flexibility index (Phi) is 5.83. The second-order valence-electron chi connectivity index (χ2n) is 3.81. The van der Waals surface area contributed by atoms with Gasteiger partial charge in [0.2, 0.25) is 0 Å². The third kappa shape index (κ3) is 4.70. The molecule has 4 N–H and O–H groups in total. The lowest BCUT2D eigenvalue weighted by atomic mass is 10.2. The Morgan fingerprint density at radius 3 is 2.76 bits per heavy atom. The van der Waals surface area contributed by atoms with Crippen molar-refractivity contribution >= 4 is 11.5 Å². The van der Waals surface area contributed by atoms with Crippen molar-refractivity contribution in [2.75, 3.05) is 24.2 Å². The van der Waals surface area contributed by atoms with Gasteiger partial charge in [0, 0.05) is 13.2 Å². The highest BCUT2D eigenvalue weighted by atomic mass is 16.2. The zero-order valence-corrected chi connectivity index (χ0v) is 9.82. The molecule has 0 saturated heterocycles. The summed E-state index contributed by atoms with van der Waals surface area (Å²) in [6.07, 6.45) is 4.00. The number of aliphatic hydroxyl groups excluding tert-OH is 1. The van der Waals surface area contributed by atoms with Gasteiger partial charge < -0.3 is 16.2 Å². The third-order valence-electron chi connectivity index (χ3n) is 2.42. The van der Waals surface area contributed by atoms with Crippen LogP contribution >= 0.6 is 0 Å². The summed E-state index contributed by atoms with van der Waals surface area (Å²) in [5, 5.41) is 20.5. The van der Waals surface area contributed by atoms with Gasteiger partial charge in [0.15, 0.2) is 5.69 Å². The molecular formula is C12H18N4O. The maximum Gasteiger partial charge on any atom is 0.165 e. The summed E-state index contributed by atoms with van der Waals surface area (Å²) >= 11 is 0. The topological polar surface area (TPSA) is 95.0 Å². The third-order valence-corrected chi connectivity index (χ3v) is 2.42. The van der Waals surface area contributed by atoms with Crippen LogP contribution in [0.4, 0.5) is 11.5 Å². The highest BCUT2D eigenvalue weighted by molar-refractivity contribution is 5.54. The van der Waals surface area contributed by atoms with E-state index in [1.807, 2.05) is 6.07 Å². The van der Waals surface area contributed by atoms with E-state index in [0.29, 0.717) is 11.5 Å². The Hall–Kier alpha value is -1.80. The fourth-order valence-corrected chi connectivity index (χ4v) is 1.46. The van der Waals surface area contributed by atoms with Crippen molar-refractivity contribution in [3.05, 3.63) is 17.8 Å². The molecule has 5 nitrogen and oxygen atoms in total. The maximum absolute atomic E-state index is 8.77. The second kappa shape index (κ2) is 7.47. The van der Waals surface area contributed by atoms with E-state index in [-0.39, 0.29) is 12.3 Å². The molecule has 0 unspecified atom stereocenters. The summed E-state index contributed by atoms with van der Waals surface area (Å²) in [7, 11) is 0. The number of nitrogens with two attached hydrogens (primary N) is 1. The van der Waals surface area contributed by atoms with Gasteiger partial charge in [-0.15, -0.1) is 0 Å². The van der Waals surface area contributed by atoms with Crippen LogP contribution in [-0.2, 0) is 0 Å². The lowest BCUT2D eigenvalue weighted by Crippen LogP contribution is -2.05. The van der Waals surface area contributed by atoms with Crippen LogP contribution in [0.5, 0.6) is 0 Å². The van der Waals surface area contributed by atoms with E-state index in [4.69, 9.17) is 16.1 Å². The van der Waals surface area contributed by atoms with Gasteiger partial charge in [-0.25, -0.2) is 4.98 Å². The normalized spacial score (nSPS) is 9.88. The standard InChI is InChI=1S/C12H18N4O/c13-9-11-10(14)5-6-12(16-11)15-7-3-1-2-4-8-17/h5-6,17H,1-4,7-8,14H2,(H,15,16). The molecule has 1 heterocycles. The molecule has 1 aromatic rings. The fraction of sp³-hybridized carbons (Fsp3) is 0.500. The van der Waals surface area contributed by atoms with E-state index >= 15 is 0 Å². The van der Waals surface area contributed by atoms with Gasteiger partial charge in [-0.1, -0.05) is 12.8 Å². The smallest absolute Gasteiger partial charge is 0.165 e. The summed E-state index contributed by atoms with van der Waals surface area (Å²) in [5.74, 6) is 0.679. The number of unbranched alkanes of at least 4 members (excludes halogenated alkanes) is 3. The minimum atomic E-state index is 0.260. The second-order valence-corrected chi connectivity index (χ2v) is 3.81. The van der Waals surface area contributed by atoms with Crippen molar-refractivity contribution in [3.63, 3.8) is 0 Å². The number of pyridine rings is 1. The summed E-state index contributed by atoms with van der Waals surface area (Å²) in [6, 6.07) is 5.40. The average molecular weight is 234 g/mol. The quantitative estimate of drug-likeness (QED) is 0.621. The molecule has 92 valence electrons. The number of aromatic nitrogens is 1. The number of nitriles is 1. The number of hydrogen-bond acceptors (Lipinski definition) is 5. The van der Waals surface area contributed by atoms with Gasteiger partial charge in [-0.3, -0.25) is 0 Å². The Bertz CT molecular complexity index is 387. The van der Waals surface area contributed by atoms with E-state index in [1.54, 1.807) is 12.1 Å². The average Bonchev–Trinajstić information content (AvgIpc) is 2.35. The van der Waals surface area contributed by atoms with E-state index < -0.39 is 0 Å². The lowest BCUT2D eigenvalue weighted by Gasteiger charge is -2.06. The molecule has 17 heavy (non-hydrogen) atoms. The van der Waals surface area contributed by atoms with Gasteiger partial charge in [0.1, 0.15) is 11.9 Å². The first-order valence-electron chi connectivity index (χ1n) is 5.79. The number of nitrogens with zero attached hydrogens (tertiary/aromatic N) is 2. The fourth-order valence-electron chi connectivity index (χ4n) is 1.46. The Morgan fingerprint density at radius 1 is 1.29 bits per heavy atom. The highest BCUT2D eigenvalue weighted by Crippen LogP contribution is 2.12. The highest BCUT2D eigenvalue weighted by Gasteiger charge is 2.01. The van der Waals surface area contributed by atoms with Crippen LogP contribution in [0.25, 0.3) is 0 Å². The predicted molar refractivity (Wildman–Crippen MR) is 67.4 cm³/mol. The van der Waals surface area contributed by atoms with E-state index in [1.165, 1.54) is 0 Å². The zero-order valence-electron chi connectivity index (χ0n) is 9.82. The molecule has 0 aliphatic rings. The van der Waals surface area contributed by atoms with Crippen molar-refractivity contribution < 1.29 is 5.11 Å². The van der Waals surface area contributed by atoms with E-state index in [9.17, 15) is 0 Å². The Labute approximate surface area is 101 Å².